The average molecular weight is 254 g/mol. The normalized spacial score (nSPS) is 15.9. The number of aromatic nitrogens is 1. The molecule has 1 rings (SSSR count). The average Bonchev–Trinajstić information content (AvgIpc) is 2.66. The van der Waals surface area contributed by atoms with Crippen LogP contribution in [-0.2, 0) is 11.0 Å². The van der Waals surface area contributed by atoms with Crippen LogP contribution in [0.1, 0.15) is 71.0 Å². The molecular weight excluding hydrogens is 228 g/mol. The predicted molar refractivity (Wildman–Crippen MR) is 76.5 cm³/mol. The van der Waals surface area contributed by atoms with Gasteiger partial charge in [0, 0.05) is 10.8 Å². The summed E-state index contributed by atoms with van der Waals surface area (Å²) < 4.78 is 0. The van der Waals surface area contributed by atoms with Crippen LogP contribution in [0.3, 0.4) is 0 Å². The van der Waals surface area contributed by atoms with Crippen molar-refractivity contribution in [3.05, 3.63) is 16.1 Å². The fourth-order valence-electron chi connectivity index (χ4n) is 1.73. The van der Waals surface area contributed by atoms with Gasteiger partial charge in [-0.25, -0.2) is 4.98 Å². The summed E-state index contributed by atoms with van der Waals surface area (Å²) >= 11 is 1.71. The van der Waals surface area contributed by atoms with Gasteiger partial charge in [0.15, 0.2) is 0 Å². The lowest BCUT2D eigenvalue weighted by atomic mass is 9.92. The van der Waals surface area contributed by atoms with Crippen LogP contribution >= 0.6 is 11.3 Å². The van der Waals surface area contributed by atoms with Crippen LogP contribution < -0.4 is 5.73 Å². The van der Waals surface area contributed by atoms with Crippen LogP contribution in [0.4, 0.5) is 0 Å². The second kappa shape index (κ2) is 5.49. The highest BCUT2D eigenvalue weighted by atomic mass is 32.1. The third-order valence-corrected chi connectivity index (χ3v) is 4.18. The highest BCUT2D eigenvalue weighted by Crippen LogP contribution is 2.31. The molecule has 0 spiro atoms. The van der Waals surface area contributed by atoms with E-state index in [0.717, 1.165) is 17.1 Å². The summed E-state index contributed by atoms with van der Waals surface area (Å²) in [5.41, 5.74) is 7.40. The third-order valence-electron chi connectivity index (χ3n) is 3.06. The Balaban J connectivity index is 2.74. The van der Waals surface area contributed by atoms with Crippen molar-refractivity contribution in [1.29, 1.82) is 0 Å². The van der Waals surface area contributed by atoms with Gasteiger partial charge >= 0.3 is 0 Å². The highest BCUT2D eigenvalue weighted by Gasteiger charge is 2.26. The molecule has 3 heteroatoms. The first-order valence-electron chi connectivity index (χ1n) is 6.53. The van der Waals surface area contributed by atoms with Gasteiger partial charge in [0.05, 0.1) is 11.2 Å². The van der Waals surface area contributed by atoms with Crippen molar-refractivity contribution >= 4 is 11.3 Å². The summed E-state index contributed by atoms with van der Waals surface area (Å²) in [5, 5.41) is 3.24. The fourth-order valence-corrected chi connectivity index (χ4v) is 2.88. The zero-order valence-electron chi connectivity index (χ0n) is 11.8. The van der Waals surface area contributed by atoms with E-state index in [1.165, 1.54) is 19.3 Å². The van der Waals surface area contributed by atoms with Crippen molar-refractivity contribution < 1.29 is 0 Å². The van der Waals surface area contributed by atoms with E-state index in [-0.39, 0.29) is 11.0 Å². The van der Waals surface area contributed by atoms with Gasteiger partial charge in [0.2, 0.25) is 0 Å². The van der Waals surface area contributed by atoms with Crippen molar-refractivity contribution in [3.8, 4) is 0 Å². The van der Waals surface area contributed by atoms with Gasteiger partial charge in [-0.2, -0.15) is 0 Å². The summed E-state index contributed by atoms with van der Waals surface area (Å²) in [5.74, 6) is 0. The monoisotopic (exact) mass is 254 g/mol. The van der Waals surface area contributed by atoms with Crippen LogP contribution in [-0.4, -0.2) is 4.98 Å². The van der Waals surface area contributed by atoms with Crippen LogP contribution in [0, 0.1) is 0 Å². The molecule has 0 amide bonds. The maximum atomic E-state index is 6.38. The zero-order valence-corrected chi connectivity index (χ0v) is 12.7. The first-order valence-corrected chi connectivity index (χ1v) is 7.40. The van der Waals surface area contributed by atoms with Gasteiger partial charge < -0.3 is 5.73 Å². The maximum absolute atomic E-state index is 6.38. The molecule has 0 aliphatic heterocycles. The number of unbranched alkanes of at least 4 members (excludes halogenated alkanes) is 2. The molecule has 0 aliphatic rings. The van der Waals surface area contributed by atoms with Gasteiger partial charge in [-0.1, -0.05) is 47.0 Å². The number of hydrogen-bond donors (Lipinski definition) is 1. The van der Waals surface area contributed by atoms with Gasteiger partial charge in [-0.15, -0.1) is 11.3 Å². The van der Waals surface area contributed by atoms with Crippen molar-refractivity contribution in [2.75, 3.05) is 0 Å². The van der Waals surface area contributed by atoms with E-state index in [2.05, 4.69) is 40.0 Å². The van der Waals surface area contributed by atoms with E-state index in [0.29, 0.717) is 0 Å². The Morgan fingerprint density at radius 3 is 2.35 bits per heavy atom. The first-order chi connectivity index (χ1) is 7.77. The molecule has 1 aromatic rings. The van der Waals surface area contributed by atoms with Crippen LogP contribution in [0.15, 0.2) is 5.38 Å². The molecule has 2 N–H and O–H groups in total. The molecule has 1 aromatic heterocycles. The molecule has 0 radical (unpaired) electrons. The van der Waals surface area contributed by atoms with Gasteiger partial charge in [-0.05, 0) is 13.3 Å². The molecule has 98 valence electrons. The molecule has 17 heavy (non-hydrogen) atoms. The lowest BCUT2D eigenvalue weighted by molar-refractivity contribution is 0.422. The lowest BCUT2D eigenvalue weighted by Gasteiger charge is -2.22. The van der Waals surface area contributed by atoms with Crippen molar-refractivity contribution in [3.63, 3.8) is 0 Å². The van der Waals surface area contributed by atoms with Crippen LogP contribution in [0.5, 0.6) is 0 Å². The molecule has 0 bridgehead atoms. The topological polar surface area (TPSA) is 38.9 Å². The molecule has 0 fully saturated rings. The molecule has 2 nitrogen and oxygen atoms in total. The van der Waals surface area contributed by atoms with Crippen LogP contribution in [0.25, 0.3) is 0 Å². The molecule has 1 heterocycles. The second-order valence-electron chi connectivity index (χ2n) is 6.16. The van der Waals surface area contributed by atoms with E-state index < -0.39 is 0 Å². The fraction of sp³-hybridized carbons (Fsp3) is 0.786. The van der Waals surface area contributed by atoms with Crippen molar-refractivity contribution in [1.82, 2.24) is 4.98 Å². The Morgan fingerprint density at radius 2 is 1.88 bits per heavy atom. The Labute approximate surface area is 110 Å². The Kier molecular flexibility index (Phi) is 4.73. The maximum Gasteiger partial charge on any atom is 0.112 e. The zero-order chi connectivity index (χ0) is 13.1. The molecular formula is C14H26N2S. The summed E-state index contributed by atoms with van der Waals surface area (Å²) in [6.07, 6.45) is 4.71. The number of nitrogens with two attached hydrogens (primary N) is 1. The van der Waals surface area contributed by atoms with Crippen molar-refractivity contribution in [2.24, 2.45) is 5.73 Å². The largest absolute Gasteiger partial charge is 0.320 e. The summed E-state index contributed by atoms with van der Waals surface area (Å²) in [7, 11) is 0. The minimum atomic E-state index is -0.261. The third kappa shape index (κ3) is 4.07. The number of nitrogens with zero attached hydrogens (tertiary/aromatic N) is 1. The number of rotatable bonds is 5. The second-order valence-corrected chi connectivity index (χ2v) is 7.02. The minimum Gasteiger partial charge on any atom is -0.320 e. The Hall–Kier alpha value is -0.410. The molecule has 0 saturated carbocycles. The van der Waals surface area contributed by atoms with Crippen LogP contribution in [0.2, 0.25) is 0 Å². The summed E-state index contributed by atoms with van der Waals surface area (Å²) in [4.78, 5) is 4.73. The lowest BCUT2D eigenvalue weighted by Crippen LogP contribution is -2.33. The van der Waals surface area contributed by atoms with Gasteiger partial charge in [0.25, 0.3) is 0 Å². The van der Waals surface area contributed by atoms with E-state index in [1.807, 2.05) is 0 Å². The first kappa shape index (κ1) is 14.7. The smallest absolute Gasteiger partial charge is 0.112 e. The van der Waals surface area contributed by atoms with Gasteiger partial charge in [-0.3, -0.25) is 0 Å². The molecule has 1 atom stereocenters. The number of thiazole rings is 1. The number of hydrogen-bond acceptors (Lipinski definition) is 3. The van der Waals surface area contributed by atoms with Gasteiger partial charge in [0.1, 0.15) is 5.01 Å². The summed E-state index contributed by atoms with van der Waals surface area (Å²) in [6, 6.07) is 0. The SMILES string of the molecule is CCCCCC(C)(N)c1nc(C(C)(C)C)cs1. The molecule has 0 aliphatic carbocycles. The van der Waals surface area contributed by atoms with E-state index >= 15 is 0 Å². The van der Waals surface area contributed by atoms with E-state index in [9.17, 15) is 0 Å². The van der Waals surface area contributed by atoms with E-state index in [4.69, 9.17) is 10.7 Å². The van der Waals surface area contributed by atoms with Crippen molar-refractivity contribution in [2.45, 2.75) is 71.3 Å². The highest BCUT2D eigenvalue weighted by molar-refractivity contribution is 7.09. The molecule has 0 aromatic carbocycles. The molecule has 0 saturated heterocycles. The standard InChI is InChI=1S/C14H26N2S/c1-6-7-8-9-14(5,15)12-16-11(10-17-12)13(2,3)4/h10H,6-9,15H2,1-5H3. The summed E-state index contributed by atoms with van der Waals surface area (Å²) in [6.45, 7) is 10.9. The Bertz CT molecular complexity index is 347. The van der Waals surface area contributed by atoms with E-state index in [1.54, 1.807) is 11.3 Å². The predicted octanol–water partition coefficient (Wildman–Crippen LogP) is 4.19. The Morgan fingerprint density at radius 1 is 1.24 bits per heavy atom. The quantitative estimate of drug-likeness (QED) is 0.800. The molecule has 1 unspecified atom stereocenters. The minimum absolute atomic E-state index is 0.119.